The van der Waals surface area contributed by atoms with Crippen LogP contribution in [0.2, 0.25) is 5.02 Å². The Morgan fingerprint density at radius 3 is 2.53 bits per heavy atom. The lowest BCUT2D eigenvalue weighted by Crippen LogP contribution is -2.45. The predicted octanol–water partition coefficient (Wildman–Crippen LogP) is 6.13. The first kappa shape index (κ1) is 25.2. The highest BCUT2D eigenvalue weighted by Gasteiger charge is 2.35. The van der Waals surface area contributed by atoms with Gasteiger partial charge in [-0.2, -0.15) is 0 Å². The number of hydrogen-bond acceptors (Lipinski definition) is 6. The number of amides is 1. The molecule has 6 nitrogen and oxygen atoms in total. The minimum atomic E-state index is -0.0659. The third-order valence-corrected chi connectivity index (χ3v) is 8.88. The fraction of sp³-hybridized carbons (Fsp3) is 0.429. The Morgan fingerprint density at radius 2 is 1.83 bits per heavy atom. The summed E-state index contributed by atoms with van der Waals surface area (Å²) in [5.41, 5.74) is 5.36. The molecule has 3 aliphatic rings. The van der Waals surface area contributed by atoms with Gasteiger partial charge in [-0.3, -0.25) is 9.69 Å². The quantitative estimate of drug-likeness (QED) is 0.452. The van der Waals surface area contributed by atoms with E-state index in [0.29, 0.717) is 21.0 Å². The van der Waals surface area contributed by atoms with Crippen molar-refractivity contribution in [1.82, 2.24) is 4.90 Å². The first-order chi connectivity index (χ1) is 17.1. The van der Waals surface area contributed by atoms with E-state index in [-0.39, 0.29) is 11.4 Å². The standard InChI is InChI=1S/C28H33ClN4O2S/c1-18-17-28(2,3)32(5)24-16-23(29)19(14-22(18)24)15-25-26(34)31(4)27(36-25)30-20-6-8-21(9-7-20)33-10-12-35-13-11-33/h6-9,14-16,18H,10-13,17H2,1-5H3/b25-15+,30-27?. The summed E-state index contributed by atoms with van der Waals surface area (Å²) in [5.74, 6) is 0.344. The van der Waals surface area contributed by atoms with Crippen LogP contribution in [0.3, 0.4) is 0 Å². The number of benzene rings is 2. The van der Waals surface area contributed by atoms with E-state index in [1.807, 2.05) is 24.3 Å². The molecule has 0 bridgehead atoms. The van der Waals surface area contributed by atoms with Crippen LogP contribution in [0.4, 0.5) is 17.1 Å². The van der Waals surface area contributed by atoms with E-state index in [0.717, 1.165) is 55.3 Å². The molecule has 0 spiro atoms. The Labute approximate surface area is 222 Å². The van der Waals surface area contributed by atoms with E-state index in [4.69, 9.17) is 21.3 Å². The molecule has 190 valence electrons. The summed E-state index contributed by atoms with van der Waals surface area (Å²) in [4.78, 5) is 24.7. The number of likely N-dealkylation sites (N-methyl/N-ethyl adjacent to an activating group) is 1. The molecule has 8 heteroatoms. The van der Waals surface area contributed by atoms with Crippen molar-refractivity contribution in [2.45, 2.75) is 38.6 Å². The number of morpholine rings is 1. The smallest absolute Gasteiger partial charge is 0.266 e. The van der Waals surface area contributed by atoms with Crippen molar-refractivity contribution in [3.8, 4) is 0 Å². The first-order valence-electron chi connectivity index (χ1n) is 12.4. The molecule has 36 heavy (non-hydrogen) atoms. The van der Waals surface area contributed by atoms with Crippen molar-refractivity contribution in [1.29, 1.82) is 0 Å². The second-order valence-electron chi connectivity index (χ2n) is 10.4. The number of halogens is 1. The minimum Gasteiger partial charge on any atom is -0.378 e. The van der Waals surface area contributed by atoms with Crippen LogP contribution in [0.15, 0.2) is 46.3 Å². The lowest BCUT2D eigenvalue weighted by molar-refractivity contribution is -0.121. The van der Waals surface area contributed by atoms with Gasteiger partial charge in [0, 0.05) is 49.1 Å². The number of nitrogens with zero attached hydrogens (tertiary/aromatic N) is 4. The zero-order valence-electron chi connectivity index (χ0n) is 21.5. The molecule has 5 rings (SSSR count). The number of rotatable bonds is 3. The van der Waals surface area contributed by atoms with Crippen LogP contribution < -0.4 is 9.80 Å². The molecule has 1 amide bonds. The van der Waals surface area contributed by atoms with Gasteiger partial charge >= 0.3 is 0 Å². The number of carbonyl (C=O) groups excluding carboxylic acids is 1. The summed E-state index contributed by atoms with van der Waals surface area (Å²) < 4.78 is 5.44. The van der Waals surface area contributed by atoms with Gasteiger partial charge in [0.15, 0.2) is 5.17 Å². The van der Waals surface area contributed by atoms with Crippen LogP contribution >= 0.6 is 23.4 Å². The van der Waals surface area contributed by atoms with Crippen LogP contribution in [0.1, 0.15) is 44.2 Å². The molecular formula is C28H33ClN4O2S. The maximum atomic E-state index is 13.1. The lowest BCUT2D eigenvalue weighted by Gasteiger charge is -2.45. The van der Waals surface area contributed by atoms with Gasteiger partial charge in [0.2, 0.25) is 0 Å². The van der Waals surface area contributed by atoms with Gasteiger partial charge in [0.05, 0.1) is 23.8 Å². The van der Waals surface area contributed by atoms with E-state index >= 15 is 0 Å². The van der Waals surface area contributed by atoms with E-state index in [2.05, 4.69) is 55.8 Å². The fourth-order valence-corrected chi connectivity index (χ4v) is 6.37. The highest BCUT2D eigenvalue weighted by Crippen LogP contribution is 2.45. The number of aliphatic imine (C=N–C) groups is 1. The molecule has 2 aromatic rings. The molecule has 0 N–H and O–H groups in total. The Morgan fingerprint density at radius 1 is 1.14 bits per heavy atom. The Hall–Kier alpha value is -2.48. The molecule has 2 fully saturated rings. The van der Waals surface area contributed by atoms with E-state index in [1.54, 1.807) is 11.9 Å². The molecule has 1 unspecified atom stereocenters. The fourth-order valence-electron chi connectivity index (χ4n) is 5.18. The average Bonchev–Trinajstić information content (AvgIpc) is 3.12. The van der Waals surface area contributed by atoms with Gasteiger partial charge in [0.25, 0.3) is 5.91 Å². The molecule has 3 aliphatic heterocycles. The average molecular weight is 525 g/mol. The van der Waals surface area contributed by atoms with Crippen LogP contribution in [0.25, 0.3) is 6.08 Å². The molecule has 2 aromatic carbocycles. The van der Waals surface area contributed by atoms with E-state index < -0.39 is 0 Å². The highest BCUT2D eigenvalue weighted by atomic mass is 35.5. The Kier molecular flexibility index (Phi) is 6.83. The zero-order valence-corrected chi connectivity index (χ0v) is 23.1. The summed E-state index contributed by atoms with van der Waals surface area (Å²) >= 11 is 8.11. The summed E-state index contributed by atoms with van der Waals surface area (Å²) in [6.45, 7) is 10.1. The third kappa shape index (κ3) is 4.76. The summed E-state index contributed by atoms with van der Waals surface area (Å²) in [6, 6.07) is 12.3. The molecule has 1 atom stereocenters. The molecule has 0 saturated carbocycles. The van der Waals surface area contributed by atoms with E-state index in [1.165, 1.54) is 17.3 Å². The first-order valence-corrected chi connectivity index (χ1v) is 13.6. The number of carbonyl (C=O) groups is 1. The van der Waals surface area contributed by atoms with Gasteiger partial charge in [-0.15, -0.1) is 0 Å². The van der Waals surface area contributed by atoms with Crippen LogP contribution in [-0.2, 0) is 9.53 Å². The van der Waals surface area contributed by atoms with Gasteiger partial charge in [-0.25, -0.2) is 4.99 Å². The highest BCUT2D eigenvalue weighted by molar-refractivity contribution is 8.18. The number of thioether (sulfide) groups is 1. The largest absolute Gasteiger partial charge is 0.378 e. The van der Waals surface area contributed by atoms with E-state index in [9.17, 15) is 4.79 Å². The summed E-state index contributed by atoms with van der Waals surface area (Å²) in [6.07, 6.45) is 2.97. The maximum Gasteiger partial charge on any atom is 0.266 e. The topological polar surface area (TPSA) is 48.4 Å². The SMILES string of the molecule is CC1CC(C)(C)N(C)c2cc(Cl)c(/C=C3/SC(=Nc4ccc(N5CCOCC5)cc4)N(C)C3=O)cc21. The van der Waals surface area contributed by atoms with Crippen molar-refractivity contribution >= 4 is 57.6 Å². The number of anilines is 2. The van der Waals surface area contributed by atoms with Gasteiger partial charge in [0.1, 0.15) is 0 Å². The third-order valence-electron chi connectivity index (χ3n) is 7.49. The van der Waals surface area contributed by atoms with Gasteiger partial charge in [-0.05, 0) is 91.5 Å². The molecule has 3 heterocycles. The predicted molar refractivity (Wildman–Crippen MR) is 152 cm³/mol. The Balaban J connectivity index is 1.39. The van der Waals surface area contributed by atoms with Crippen molar-refractivity contribution < 1.29 is 9.53 Å². The van der Waals surface area contributed by atoms with Crippen LogP contribution in [0, 0.1) is 0 Å². The second-order valence-corrected chi connectivity index (χ2v) is 11.8. The monoisotopic (exact) mass is 524 g/mol. The van der Waals surface area contributed by atoms with Crippen LogP contribution in [-0.4, -0.2) is 61.9 Å². The molecule has 0 aliphatic carbocycles. The van der Waals surface area contributed by atoms with Crippen LogP contribution in [0.5, 0.6) is 0 Å². The Bertz CT molecular complexity index is 1230. The maximum absolute atomic E-state index is 13.1. The second kappa shape index (κ2) is 9.77. The molecule has 0 aromatic heterocycles. The number of amidine groups is 1. The zero-order chi connectivity index (χ0) is 25.6. The summed E-state index contributed by atoms with van der Waals surface area (Å²) in [7, 11) is 3.89. The molecular weight excluding hydrogens is 492 g/mol. The van der Waals surface area contributed by atoms with Crippen molar-refractivity contribution in [3.05, 3.63) is 57.5 Å². The normalized spacial score (nSPS) is 24.1. The minimum absolute atomic E-state index is 0.0659. The number of hydrogen-bond donors (Lipinski definition) is 0. The van der Waals surface area contributed by atoms with Crippen molar-refractivity contribution in [2.75, 3.05) is 50.2 Å². The lowest BCUT2D eigenvalue weighted by atomic mass is 9.80. The molecule has 2 saturated heterocycles. The number of ether oxygens (including phenoxy) is 1. The van der Waals surface area contributed by atoms with Crippen molar-refractivity contribution in [2.24, 2.45) is 4.99 Å². The van der Waals surface area contributed by atoms with Gasteiger partial charge < -0.3 is 14.5 Å². The van der Waals surface area contributed by atoms with Gasteiger partial charge in [-0.1, -0.05) is 18.5 Å². The number of fused-ring (bicyclic) bond motifs is 1. The molecule has 0 radical (unpaired) electrons. The summed E-state index contributed by atoms with van der Waals surface area (Å²) in [5, 5.41) is 1.31. The van der Waals surface area contributed by atoms with Crippen molar-refractivity contribution in [3.63, 3.8) is 0 Å².